The van der Waals surface area contributed by atoms with Crippen LogP contribution < -0.4 is 10.1 Å². The number of rotatable bonds is 7. The quantitative estimate of drug-likeness (QED) is 0.585. The first-order valence-electron chi connectivity index (χ1n) is 11.4. The van der Waals surface area contributed by atoms with Crippen molar-refractivity contribution in [2.45, 2.75) is 18.3 Å². The van der Waals surface area contributed by atoms with Crippen LogP contribution in [0.3, 0.4) is 0 Å². The van der Waals surface area contributed by atoms with E-state index in [2.05, 4.69) is 20.3 Å². The molecule has 0 radical (unpaired) electrons. The van der Waals surface area contributed by atoms with Crippen LogP contribution in [0.5, 0.6) is 5.88 Å². The second-order valence-corrected chi connectivity index (χ2v) is 9.01. The molecular formula is C24H28ClFN6O3. The fourth-order valence-electron chi connectivity index (χ4n) is 4.16. The number of hydrazone groups is 1. The molecule has 4 rings (SSSR count). The molecule has 2 aliphatic rings. The predicted octanol–water partition coefficient (Wildman–Crippen LogP) is 2.60. The zero-order chi connectivity index (χ0) is 24.9. The van der Waals surface area contributed by atoms with Gasteiger partial charge in [-0.1, -0.05) is 6.07 Å². The molecule has 2 amide bonds. The maximum Gasteiger partial charge on any atom is 0.255 e. The van der Waals surface area contributed by atoms with Crippen molar-refractivity contribution >= 4 is 35.3 Å². The Morgan fingerprint density at radius 3 is 2.66 bits per heavy atom. The average molecular weight is 503 g/mol. The van der Waals surface area contributed by atoms with Gasteiger partial charge in [-0.05, 0) is 24.3 Å². The summed E-state index contributed by atoms with van der Waals surface area (Å²) in [4.78, 5) is 32.6. The number of hydrogen-bond donors (Lipinski definition) is 1. The van der Waals surface area contributed by atoms with Crippen molar-refractivity contribution in [1.29, 1.82) is 0 Å². The lowest BCUT2D eigenvalue weighted by Crippen LogP contribution is -2.48. The minimum absolute atomic E-state index is 0.0952. The van der Waals surface area contributed by atoms with Crippen LogP contribution in [-0.2, 0) is 4.79 Å². The zero-order valence-corrected chi connectivity index (χ0v) is 20.4. The third kappa shape index (κ3) is 6.07. The summed E-state index contributed by atoms with van der Waals surface area (Å²) in [5.74, 6) is -0.436. The van der Waals surface area contributed by atoms with Gasteiger partial charge in [0.05, 0.1) is 23.3 Å². The Kier molecular flexibility index (Phi) is 7.82. The highest BCUT2D eigenvalue weighted by molar-refractivity contribution is 6.29. The van der Waals surface area contributed by atoms with Gasteiger partial charge in [-0.2, -0.15) is 5.10 Å². The molecule has 0 aliphatic carbocycles. The number of halogens is 2. The van der Waals surface area contributed by atoms with E-state index in [-0.39, 0.29) is 17.5 Å². The van der Waals surface area contributed by atoms with E-state index in [0.717, 1.165) is 13.1 Å². The molecule has 2 atom stereocenters. The van der Waals surface area contributed by atoms with Crippen molar-refractivity contribution in [3.8, 4) is 5.88 Å². The Hall–Kier alpha value is -3.24. The second kappa shape index (κ2) is 11.0. The Bertz CT molecular complexity index is 1100. The number of amides is 2. The minimum atomic E-state index is -0.488. The van der Waals surface area contributed by atoms with Crippen LogP contribution in [0.2, 0.25) is 0 Å². The Balaban J connectivity index is 1.45. The number of nitrogens with zero attached hydrogens (tertiary/aromatic N) is 5. The fraction of sp³-hybridized carbons (Fsp3) is 0.417. The first-order valence-corrected chi connectivity index (χ1v) is 11.8. The highest BCUT2D eigenvalue weighted by atomic mass is 35.5. The van der Waals surface area contributed by atoms with Gasteiger partial charge in [-0.25, -0.2) is 9.37 Å². The van der Waals surface area contributed by atoms with Gasteiger partial charge in [0.25, 0.3) is 5.91 Å². The van der Waals surface area contributed by atoms with Gasteiger partial charge in [0, 0.05) is 64.0 Å². The van der Waals surface area contributed by atoms with Crippen LogP contribution in [0, 0.1) is 5.82 Å². The SMILES string of the molecule is CC(=O)N1CCN(CCOc2ncc(NC(=O)c3cccc(F)c3)cc2C2C(Cl)C=NN2C)CC1. The number of benzene rings is 1. The molecule has 186 valence electrons. The summed E-state index contributed by atoms with van der Waals surface area (Å²) in [6.45, 7) is 5.66. The fourth-order valence-corrected chi connectivity index (χ4v) is 4.51. The van der Waals surface area contributed by atoms with E-state index >= 15 is 0 Å². The summed E-state index contributed by atoms with van der Waals surface area (Å²) in [5, 5.41) is 8.34. The number of piperazine rings is 1. The molecule has 2 aromatic rings. The lowest BCUT2D eigenvalue weighted by Gasteiger charge is -2.34. The Labute approximate surface area is 208 Å². The molecule has 3 heterocycles. The number of alkyl halides is 1. The third-order valence-corrected chi connectivity index (χ3v) is 6.45. The summed E-state index contributed by atoms with van der Waals surface area (Å²) >= 11 is 6.50. The van der Waals surface area contributed by atoms with E-state index in [0.29, 0.717) is 43.4 Å². The van der Waals surface area contributed by atoms with Crippen molar-refractivity contribution in [3.05, 3.63) is 53.5 Å². The van der Waals surface area contributed by atoms with Crippen molar-refractivity contribution in [2.75, 3.05) is 51.7 Å². The molecular weight excluding hydrogens is 475 g/mol. The van der Waals surface area contributed by atoms with Crippen molar-refractivity contribution in [2.24, 2.45) is 5.10 Å². The van der Waals surface area contributed by atoms with E-state index < -0.39 is 17.1 Å². The summed E-state index contributed by atoms with van der Waals surface area (Å²) in [5.41, 5.74) is 1.32. The van der Waals surface area contributed by atoms with E-state index in [1.54, 1.807) is 31.3 Å². The molecule has 35 heavy (non-hydrogen) atoms. The molecule has 11 heteroatoms. The molecule has 1 fully saturated rings. The van der Waals surface area contributed by atoms with Crippen LogP contribution in [0.25, 0.3) is 0 Å². The number of nitrogens with one attached hydrogen (secondary N) is 1. The molecule has 1 aromatic carbocycles. The van der Waals surface area contributed by atoms with Crippen LogP contribution in [0.4, 0.5) is 10.1 Å². The van der Waals surface area contributed by atoms with E-state index in [9.17, 15) is 14.0 Å². The maximum atomic E-state index is 13.5. The van der Waals surface area contributed by atoms with Gasteiger partial charge in [-0.3, -0.25) is 19.5 Å². The van der Waals surface area contributed by atoms with Gasteiger partial charge < -0.3 is 15.0 Å². The zero-order valence-electron chi connectivity index (χ0n) is 19.7. The first-order chi connectivity index (χ1) is 16.8. The molecule has 1 saturated heterocycles. The number of aromatic nitrogens is 1. The lowest BCUT2D eigenvalue weighted by molar-refractivity contribution is -0.130. The largest absolute Gasteiger partial charge is 0.476 e. The Morgan fingerprint density at radius 1 is 1.23 bits per heavy atom. The van der Waals surface area contributed by atoms with Gasteiger partial charge in [0.2, 0.25) is 11.8 Å². The molecule has 0 spiro atoms. The van der Waals surface area contributed by atoms with Crippen molar-refractivity contribution in [1.82, 2.24) is 19.8 Å². The molecule has 2 unspecified atom stereocenters. The van der Waals surface area contributed by atoms with Crippen LogP contribution in [0.1, 0.15) is 28.9 Å². The molecule has 9 nitrogen and oxygen atoms in total. The summed E-state index contributed by atoms with van der Waals surface area (Å²) < 4.78 is 19.6. The number of carbonyl (C=O) groups is 2. The summed E-state index contributed by atoms with van der Waals surface area (Å²) in [7, 11) is 1.81. The number of anilines is 1. The number of pyridine rings is 1. The van der Waals surface area contributed by atoms with Crippen LogP contribution in [0.15, 0.2) is 41.6 Å². The van der Waals surface area contributed by atoms with Crippen LogP contribution in [-0.4, -0.2) is 89.6 Å². The summed E-state index contributed by atoms with van der Waals surface area (Å²) in [6, 6.07) is 6.90. The van der Waals surface area contributed by atoms with Crippen LogP contribution >= 0.6 is 11.6 Å². The normalized spacial score (nSPS) is 20.2. The highest BCUT2D eigenvalue weighted by Gasteiger charge is 2.32. The predicted molar refractivity (Wildman–Crippen MR) is 131 cm³/mol. The number of carbonyl (C=O) groups excluding carboxylic acids is 2. The highest BCUT2D eigenvalue weighted by Crippen LogP contribution is 2.36. The molecule has 0 saturated carbocycles. The van der Waals surface area contributed by atoms with Gasteiger partial charge in [0.15, 0.2) is 0 Å². The van der Waals surface area contributed by atoms with Gasteiger partial charge in [0.1, 0.15) is 12.4 Å². The van der Waals surface area contributed by atoms with Crippen molar-refractivity contribution < 1.29 is 18.7 Å². The summed E-state index contributed by atoms with van der Waals surface area (Å²) in [6.07, 6.45) is 3.14. The first kappa shape index (κ1) is 24.9. The van der Waals surface area contributed by atoms with E-state index in [4.69, 9.17) is 16.3 Å². The topological polar surface area (TPSA) is 90.4 Å². The number of hydrogen-bond acceptors (Lipinski definition) is 7. The van der Waals surface area contributed by atoms with Crippen molar-refractivity contribution in [3.63, 3.8) is 0 Å². The third-order valence-electron chi connectivity index (χ3n) is 6.10. The minimum Gasteiger partial charge on any atom is -0.476 e. The smallest absolute Gasteiger partial charge is 0.255 e. The Morgan fingerprint density at radius 2 is 2.00 bits per heavy atom. The lowest BCUT2D eigenvalue weighted by atomic mass is 10.1. The monoisotopic (exact) mass is 502 g/mol. The van der Waals surface area contributed by atoms with E-state index in [1.165, 1.54) is 30.5 Å². The number of ether oxygens (including phenoxy) is 1. The molecule has 2 aliphatic heterocycles. The molecule has 1 N–H and O–H groups in total. The molecule has 0 bridgehead atoms. The molecule has 1 aromatic heterocycles. The maximum absolute atomic E-state index is 13.5. The average Bonchev–Trinajstić information content (AvgIpc) is 3.17. The van der Waals surface area contributed by atoms with Gasteiger partial charge >= 0.3 is 0 Å². The van der Waals surface area contributed by atoms with Gasteiger partial charge in [-0.15, -0.1) is 11.6 Å². The standard InChI is InChI=1S/C24H28ClFN6O3/c1-16(33)32-8-6-31(7-9-32)10-11-35-24-20(22-21(25)15-28-30(22)2)13-19(14-27-24)29-23(34)17-4-3-5-18(26)12-17/h3-5,12-15,21-22H,6-11H2,1-2H3,(H,29,34). The second-order valence-electron chi connectivity index (χ2n) is 8.51. The van der Waals surface area contributed by atoms with E-state index in [1.807, 2.05) is 4.90 Å².